The molecule has 3 aromatic rings. The lowest BCUT2D eigenvalue weighted by Gasteiger charge is -2.10. The Morgan fingerprint density at radius 3 is 1.70 bits per heavy atom. The second-order valence-electron chi connectivity index (χ2n) is 5.36. The maximum atomic E-state index is 11.3. The second-order valence-corrected chi connectivity index (χ2v) is 5.36. The summed E-state index contributed by atoms with van der Waals surface area (Å²) in [5.41, 5.74) is 0.733. The van der Waals surface area contributed by atoms with Gasteiger partial charge in [0.1, 0.15) is 17.2 Å². The van der Waals surface area contributed by atoms with Crippen molar-refractivity contribution in [1.29, 1.82) is 10.5 Å². The van der Waals surface area contributed by atoms with Crippen LogP contribution in [0.1, 0.15) is 11.1 Å². The zero-order chi connectivity index (χ0) is 19.2. The number of nitrogens with zero attached hydrogens (tertiary/aromatic N) is 3. The molecule has 0 atom stereocenters. The third kappa shape index (κ3) is 4.19. The lowest BCUT2D eigenvalue weighted by atomic mass is 10.2. The first-order valence-electron chi connectivity index (χ1n) is 7.73. The molecule has 0 aliphatic heterocycles. The first kappa shape index (κ1) is 17.5. The van der Waals surface area contributed by atoms with Crippen LogP contribution in [0.5, 0.6) is 23.0 Å². The molecule has 0 saturated heterocycles. The van der Waals surface area contributed by atoms with Crippen LogP contribution in [0.3, 0.4) is 0 Å². The summed E-state index contributed by atoms with van der Waals surface area (Å²) in [7, 11) is 0. The highest BCUT2D eigenvalue weighted by Gasteiger charge is 2.17. The summed E-state index contributed by atoms with van der Waals surface area (Å²) in [5.74, 6) is 1.18. The molecule has 0 bridgehead atoms. The maximum absolute atomic E-state index is 11.3. The average Bonchev–Trinajstić information content (AvgIpc) is 2.69. The largest absolute Gasteiger partial charge is 0.457 e. The Morgan fingerprint density at radius 1 is 0.741 bits per heavy atom. The van der Waals surface area contributed by atoms with E-state index in [1.54, 1.807) is 48.5 Å². The molecule has 3 aromatic carbocycles. The number of nitriles is 2. The molecule has 7 heteroatoms. The van der Waals surface area contributed by atoms with Gasteiger partial charge in [0.25, 0.3) is 0 Å². The van der Waals surface area contributed by atoms with Crippen LogP contribution < -0.4 is 9.47 Å². The summed E-state index contributed by atoms with van der Waals surface area (Å²) in [6.07, 6.45) is 0. The summed E-state index contributed by atoms with van der Waals surface area (Å²) < 4.78 is 11.3. The fourth-order valence-corrected chi connectivity index (χ4v) is 2.25. The minimum Gasteiger partial charge on any atom is -0.457 e. The van der Waals surface area contributed by atoms with E-state index in [1.807, 2.05) is 12.1 Å². The van der Waals surface area contributed by atoms with E-state index < -0.39 is 4.92 Å². The molecule has 27 heavy (non-hydrogen) atoms. The van der Waals surface area contributed by atoms with Gasteiger partial charge in [-0.05, 0) is 54.6 Å². The molecule has 0 amide bonds. The van der Waals surface area contributed by atoms with E-state index in [2.05, 4.69) is 0 Å². The third-order valence-corrected chi connectivity index (χ3v) is 3.56. The van der Waals surface area contributed by atoms with Crippen LogP contribution in [0.2, 0.25) is 0 Å². The average molecular weight is 357 g/mol. The molecular weight excluding hydrogens is 346 g/mol. The number of benzene rings is 3. The number of nitro groups is 1. The fraction of sp³-hybridized carbons (Fsp3) is 0. The van der Waals surface area contributed by atoms with Gasteiger partial charge in [-0.2, -0.15) is 10.5 Å². The van der Waals surface area contributed by atoms with Crippen LogP contribution in [0.4, 0.5) is 5.69 Å². The lowest BCUT2D eigenvalue weighted by molar-refractivity contribution is -0.385. The van der Waals surface area contributed by atoms with E-state index in [4.69, 9.17) is 20.0 Å². The Morgan fingerprint density at radius 2 is 1.22 bits per heavy atom. The van der Waals surface area contributed by atoms with Crippen LogP contribution in [0.15, 0.2) is 66.7 Å². The van der Waals surface area contributed by atoms with Crippen LogP contribution in [0.25, 0.3) is 0 Å². The topological polar surface area (TPSA) is 109 Å². The van der Waals surface area contributed by atoms with Crippen molar-refractivity contribution in [1.82, 2.24) is 0 Å². The highest BCUT2D eigenvalue weighted by molar-refractivity contribution is 5.53. The van der Waals surface area contributed by atoms with Crippen molar-refractivity contribution < 1.29 is 14.4 Å². The van der Waals surface area contributed by atoms with E-state index in [-0.39, 0.29) is 11.4 Å². The SMILES string of the molecule is N#Cc1ccc(Oc2ccc([N+](=O)[O-])c(Oc3ccc(C#N)cc3)c2)cc1. The second kappa shape index (κ2) is 7.68. The predicted molar refractivity (Wildman–Crippen MR) is 95.6 cm³/mol. The van der Waals surface area contributed by atoms with Crippen molar-refractivity contribution in [3.05, 3.63) is 88.0 Å². The van der Waals surface area contributed by atoms with Crippen molar-refractivity contribution in [3.8, 4) is 35.1 Å². The maximum Gasteiger partial charge on any atom is 0.311 e. The first-order valence-corrected chi connectivity index (χ1v) is 7.73. The Labute approximate surface area is 154 Å². The zero-order valence-corrected chi connectivity index (χ0v) is 13.8. The lowest BCUT2D eigenvalue weighted by Crippen LogP contribution is -1.94. The number of ether oxygens (including phenoxy) is 2. The highest BCUT2D eigenvalue weighted by atomic mass is 16.6. The monoisotopic (exact) mass is 357 g/mol. The fourth-order valence-electron chi connectivity index (χ4n) is 2.25. The Bertz CT molecular complexity index is 1060. The normalized spacial score (nSPS) is 9.70. The van der Waals surface area contributed by atoms with Crippen LogP contribution in [-0.4, -0.2) is 4.92 Å². The minimum atomic E-state index is -0.551. The van der Waals surface area contributed by atoms with Gasteiger partial charge in [0, 0.05) is 12.1 Å². The molecule has 7 nitrogen and oxygen atoms in total. The number of rotatable bonds is 5. The number of hydrogen-bond acceptors (Lipinski definition) is 6. The van der Waals surface area contributed by atoms with Gasteiger partial charge in [0.05, 0.1) is 28.2 Å². The molecule has 0 N–H and O–H groups in total. The van der Waals surface area contributed by atoms with Crippen molar-refractivity contribution in [2.45, 2.75) is 0 Å². The summed E-state index contributed by atoms with van der Waals surface area (Å²) >= 11 is 0. The Hall–Kier alpha value is -4.36. The summed E-state index contributed by atoms with van der Waals surface area (Å²) in [6, 6.07) is 20.8. The smallest absolute Gasteiger partial charge is 0.311 e. The third-order valence-electron chi connectivity index (χ3n) is 3.56. The predicted octanol–water partition coefficient (Wildman–Crippen LogP) is 4.92. The van der Waals surface area contributed by atoms with E-state index >= 15 is 0 Å². The molecule has 0 fully saturated rings. The van der Waals surface area contributed by atoms with Gasteiger partial charge in [0.2, 0.25) is 5.75 Å². The standard InChI is InChI=1S/C20H11N3O4/c21-12-14-1-5-16(6-2-14)26-18-9-10-19(23(24)25)20(11-18)27-17-7-3-15(13-22)4-8-17/h1-11H. The Balaban J connectivity index is 1.88. The molecule has 0 saturated carbocycles. The summed E-state index contributed by atoms with van der Waals surface area (Å²) in [4.78, 5) is 10.7. The van der Waals surface area contributed by atoms with Gasteiger partial charge >= 0.3 is 5.69 Å². The van der Waals surface area contributed by atoms with Gasteiger partial charge in [-0.15, -0.1) is 0 Å². The van der Waals surface area contributed by atoms with Gasteiger partial charge in [-0.25, -0.2) is 0 Å². The molecule has 0 aromatic heterocycles. The van der Waals surface area contributed by atoms with Crippen LogP contribution in [-0.2, 0) is 0 Å². The molecule has 3 rings (SSSR count). The van der Waals surface area contributed by atoms with Crippen molar-refractivity contribution >= 4 is 5.69 Å². The zero-order valence-electron chi connectivity index (χ0n) is 13.8. The van der Waals surface area contributed by atoms with E-state index in [0.717, 1.165) is 0 Å². The molecule has 0 aliphatic carbocycles. The summed E-state index contributed by atoms with van der Waals surface area (Å²) in [5, 5.41) is 28.9. The minimum absolute atomic E-state index is 0.0100. The van der Waals surface area contributed by atoms with Crippen molar-refractivity contribution in [2.24, 2.45) is 0 Å². The number of hydrogen-bond donors (Lipinski definition) is 0. The highest BCUT2D eigenvalue weighted by Crippen LogP contribution is 2.36. The molecular formula is C20H11N3O4. The first-order chi connectivity index (χ1) is 13.1. The van der Waals surface area contributed by atoms with Crippen molar-refractivity contribution in [3.63, 3.8) is 0 Å². The van der Waals surface area contributed by atoms with E-state index in [1.165, 1.54) is 18.2 Å². The molecule has 0 radical (unpaired) electrons. The van der Waals surface area contributed by atoms with Crippen molar-refractivity contribution in [2.75, 3.05) is 0 Å². The molecule has 0 spiro atoms. The van der Waals surface area contributed by atoms with E-state index in [9.17, 15) is 10.1 Å². The van der Waals surface area contributed by atoms with E-state index in [0.29, 0.717) is 28.4 Å². The van der Waals surface area contributed by atoms with Crippen LogP contribution in [0, 0.1) is 32.8 Å². The van der Waals surface area contributed by atoms with Crippen LogP contribution >= 0.6 is 0 Å². The molecule has 0 unspecified atom stereocenters. The van der Waals surface area contributed by atoms with Gasteiger partial charge in [-0.3, -0.25) is 10.1 Å². The van der Waals surface area contributed by atoms with Gasteiger partial charge < -0.3 is 9.47 Å². The van der Waals surface area contributed by atoms with Gasteiger partial charge in [0.15, 0.2) is 0 Å². The molecule has 130 valence electrons. The molecule has 0 heterocycles. The molecule has 0 aliphatic rings. The Kier molecular flexibility index (Phi) is 4.97. The summed E-state index contributed by atoms with van der Waals surface area (Å²) in [6.45, 7) is 0. The quantitative estimate of drug-likeness (QED) is 0.473. The van der Waals surface area contributed by atoms with Gasteiger partial charge in [-0.1, -0.05) is 0 Å². The number of nitro benzene ring substituents is 1.